The molecule has 2 nitrogen and oxygen atoms in total. The molecule has 1 aliphatic rings. The fourth-order valence-corrected chi connectivity index (χ4v) is 1.20. The minimum Gasteiger partial charge on any atom is -0.481 e. The molecule has 0 saturated carbocycles. The zero-order valence-corrected chi connectivity index (χ0v) is 7.26. The van der Waals surface area contributed by atoms with Gasteiger partial charge in [-0.05, 0) is 5.56 Å². The molecule has 0 amide bonds. The maximum Gasteiger partial charge on any atom is 0.170 e. The second-order valence-corrected chi connectivity index (χ2v) is 2.92. The van der Waals surface area contributed by atoms with Crippen molar-refractivity contribution >= 4 is 12.5 Å². The molecule has 0 radical (unpaired) electrons. The fraction of sp³-hybridized carbons (Fsp3) is 0.182. The Morgan fingerprint density at radius 1 is 1.31 bits per heavy atom. The van der Waals surface area contributed by atoms with Crippen LogP contribution in [-0.4, -0.2) is 19.0 Å². The molecule has 0 bridgehead atoms. The lowest BCUT2D eigenvalue weighted by molar-refractivity contribution is 0.344. The van der Waals surface area contributed by atoms with Gasteiger partial charge in [0, 0.05) is 0 Å². The normalized spacial score (nSPS) is 20.8. The quantitative estimate of drug-likeness (QED) is 0.671. The molecule has 0 fully saturated rings. The second kappa shape index (κ2) is 3.90. The lowest BCUT2D eigenvalue weighted by atomic mass is 10.2. The number of aliphatic imine (C=N–C) groups is 1. The summed E-state index contributed by atoms with van der Waals surface area (Å²) >= 11 is 0. The fourth-order valence-electron chi connectivity index (χ4n) is 1.20. The van der Waals surface area contributed by atoms with E-state index in [1.165, 1.54) is 12.0 Å². The van der Waals surface area contributed by atoms with Crippen LogP contribution in [0.5, 0.6) is 0 Å². The zero-order valence-electron chi connectivity index (χ0n) is 7.26. The Hall–Kier alpha value is -1.57. The Balaban J connectivity index is 2.01. The van der Waals surface area contributed by atoms with E-state index in [0.29, 0.717) is 6.61 Å². The highest BCUT2D eigenvalue weighted by atomic mass is 16.5. The molecular weight excluding hydrogens is 162 g/mol. The van der Waals surface area contributed by atoms with Gasteiger partial charge in [-0.1, -0.05) is 42.5 Å². The van der Waals surface area contributed by atoms with E-state index in [1.54, 1.807) is 0 Å². The minimum atomic E-state index is 0.195. The summed E-state index contributed by atoms with van der Waals surface area (Å²) in [5.74, 6) is 0. The average Bonchev–Trinajstić information content (AvgIpc) is 2.69. The summed E-state index contributed by atoms with van der Waals surface area (Å²) in [7, 11) is 0. The Labute approximate surface area is 77.6 Å². The Kier molecular flexibility index (Phi) is 2.41. The van der Waals surface area contributed by atoms with Gasteiger partial charge in [0.15, 0.2) is 6.40 Å². The van der Waals surface area contributed by atoms with Crippen molar-refractivity contribution in [3.63, 3.8) is 0 Å². The first-order valence-corrected chi connectivity index (χ1v) is 4.32. The van der Waals surface area contributed by atoms with Crippen molar-refractivity contribution in [2.75, 3.05) is 6.61 Å². The lowest BCUT2D eigenvalue weighted by Crippen LogP contribution is -2.00. The number of hydrogen-bond donors (Lipinski definition) is 0. The summed E-state index contributed by atoms with van der Waals surface area (Å²) in [6, 6.07) is 10.4. The molecule has 2 heteroatoms. The number of rotatable bonds is 2. The Bertz CT molecular complexity index is 316. The first kappa shape index (κ1) is 8.05. The molecule has 0 N–H and O–H groups in total. The molecule has 13 heavy (non-hydrogen) atoms. The minimum absolute atomic E-state index is 0.195. The average molecular weight is 173 g/mol. The van der Waals surface area contributed by atoms with Gasteiger partial charge in [-0.15, -0.1) is 0 Å². The topological polar surface area (TPSA) is 21.6 Å². The van der Waals surface area contributed by atoms with Gasteiger partial charge in [0.2, 0.25) is 0 Å². The first-order valence-electron chi connectivity index (χ1n) is 4.32. The predicted octanol–water partition coefficient (Wildman–Crippen LogP) is 2.13. The standard InChI is InChI=1S/C11H11NO/c1-2-4-10(5-3-1)6-7-11-8-13-9-12-11/h1-7,9,11H,8H2. The molecule has 1 aliphatic heterocycles. The van der Waals surface area contributed by atoms with Crippen molar-refractivity contribution in [2.24, 2.45) is 4.99 Å². The highest BCUT2D eigenvalue weighted by molar-refractivity contribution is 5.53. The van der Waals surface area contributed by atoms with Crippen LogP contribution in [0.25, 0.3) is 6.08 Å². The van der Waals surface area contributed by atoms with Gasteiger partial charge in [-0.3, -0.25) is 0 Å². The molecule has 0 aliphatic carbocycles. The SMILES string of the molecule is C(=CC1COC=N1)c1ccccc1. The maximum absolute atomic E-state index is 5.00. The van der Waals surface area contributed by atoms with Crippen LogP contribution in [-0.2, 0) is 4.74 Å². The third kappa shape index (κ3) is 2.18. The molecule has 66 valence electrons. The van der Waals surface area contributed by atoms with Gasteiger partial charge in [0.05, 0.1) is 0 Å². The Morgan fingerprint density at radius 3 is 2.85 bits per heavy atom. The first-order chi connectivity index (χ1) is 6.45. The molecule has 1 aromatic rings. The molecular formula is C11H11NO. The van der Waals surface area contributed by atoms with Crippen LogP contribution >= 0.6 is 0 Å². The van der Waals surface area contributed by atoms with Crippen LogP contribution in [0.1, 0.15) is 5.56 Å². The van der Waals surface area contributed by atoms with Crippen LogP contribution in [0.15, 0.2) is 41.4 Å². The smallest absolute Gasteiger partial charge is 0.170 e. The molecule has 1 unspecified atom stereocenters. The van der Waals surface area contributed by atoms with Gasteiger partial charge in [0.25, 0.3) is 0 Å². The number of ether oxygens (including phenoxy) is 1. The van der Waals surface area contributed by atoms with Gasteiger partial charge in [-0.25, -0.2) is 4.99 Å². The molecule has 1 heterocycles. The van der Waals surface area contributed by atoms with Gasteiger partial charge < -0.3 is 4.74 Å². The number of benzene rings is 1. The number of hydrogen-bond acceptors (Lipinski definition) is 2. The van der Waals surface area contributed by atoms with E-state index in [4.69, 9.17) is 4.74 Å². The van der Waals surface area contributed by atoms with Crippen molar-refractivity contribution in [1.82, 2.24) is 0 Å². The third-order valence-corrected chi connectivity index (χ3v) is 1.90. The molecule has 0 saturated heterocycles. The Morgan fingerprint density at radius 2 is 2.15 bits per heavy atom. The second-order valence-electron chi connectivity index (χ2n) is 2.92. The molecule has 1 atom stereocenters. The highest BCUT2D eigenvalue weighted by Crippen LogP contribution is 2.06. The van der Waals surface area contributed by atoms with Crippen molar-refractivity contribution in [3.8, 4) is 0 Å². The molecule has 1 aromatic carbocycles. The number of nitrogens with zero attached hydrogens (tertiary/aromatic N) is 1. The van der Waals surface area contributed by atoms with Gasteiger partial charge in [-0.2, -0.15) is 0 Å². The van der Waals surface area contributed by atoms with Crippen LogP contribution in [0.3, 0.4) is 0 Å². The monoisotopic (exact) mass is 173 g/mol. The van der Waals surface area contributed by atoms with Crippen LogP contribution in [0, 0.1) is 0 Å². The lowest BCUT2D eigenvalue weighted by Gasteiger charge is -1.96. The van der Waals surface area contributed by atoms with E-state index in [0.717, 1.165) is 0 Å². The maximum atomic E-state index is 5.00. The largest absolute Gasteiger partial charge is 0.481 e. The van der Waals surface area contributed by atoms with Gasteiger partial charge >= 0.3 is 0 Å². The van der Waals surface area contributed by atoms with Crippen LogP contribution in [0.4, 0.5) is 0 Å². The van der Waals surface area contributed by atoms with Crippen molar-refractivity contribution in [2.45, 2.75) is 6.04 Å². The van der Waals surface area contributed by atoms with E-state index in [2.05, 4.69) is 29.3 Å². The summed E-state index contributed by atoms with van der Waals surface area (Å²) < 4.78 is 5.00. The summed E-state index contributed by atoms with van der Waals surface area (Å²) in [5.41, 5.74) is 1.20. The van der Waals surface area contributed by atoms with E-state index in [9.17, 15) is 0 Å². The van der Waals surface area contributed by atoms with E-state index in [1.807, 2.05) is 18.2 Å². The molecule has 2 rings (SSSR count). The highest BCUT2D eigenvalue weighted by Gasteiger charge is 2.05. The summed E-state index contributed by atoms with van der Waals surface area (Å²) in [6.07, 6.45) is 5.63. The van der Waals surface area contributed by atoms with Crippen molar-refractivity contribution < 1.29 is 4.74 Å². The molecule has 0 spiro atoms. The van der Waals surface area contributed by atoms with Crippen LogP contribution in [0.2, 0.25) is 0 Å². The van der Waals surface area contributed by atoms with Crippen molar-refractivity contribution in [3.05, 3.63) is 42.0 Å². The van der Waals surface area contributed by atoms with E-state index in [-0.39, 0.29) is 6.04 Å². The van der Waals surface area contributed by atoms with Crippen molar-refractivity contribution in [1.29, 1.82) is 0 Å². The summed E-state index contributed by atoms with van der Waals surface area (Å²) in [5, 5.41) is 0. The van der Waals surface area contributed by atoms with E-state index < -0.39 is 0 Å². The van der Waals surface area contributed by atoms with E-state index >= 15 is 0 Å². The molecule has 0 aromatic heterocycles. The zero-order chi connectivity index (χ0) is 8.93. The predicted molar refractivity (Wildman–Crippen MR) is 53.7 cm³/mol. The summed E-state index contributed by atoms with van der Waals surface area (Å²) in [6.45, 7) is 0.670. The third-order valence-electron chi connectivity index (χ3n) is 1.90. The van der Waals surface area contributed by atoms with Gasteiger partial charge in [0.1, 0.15) is 12.6 Å². The van der Waals surface area contributed by atoms with Crippen LogP contribution < -0.4 is 0 Å². The summed E-state index contributed by atoms with van der Waals surface area (Å²) in [4.78, 5) is 4.12.